The van der Waals surface area contributed by atoms with Gasteiger partial charge in [0.05, 0.1) is 27.7 Å². The number of hydrogen-bond acceptors (Lipinski definition) is 3. The zero-order valence-corrected chi connectivity index (χ0v) is 29.4. The smallest absolute Gasteiger partial charge is 0.306 e. The molecule has 1 atom stereocenters. The summed E-state index contributed by atoms with van der Waals surface area (Å²) in [5, 5.41) is 0. The van der Waals surface area contributed by atoms with Gasteiger partial charge in [-0.05, 0) is 12.8 Å². The summed E-state index contributed by atoms with van der Waals surface area (Å²) in [4.78, 5) is 12.5. The number of halogens is 1. The molecule has 5 heteroatoms. The molecule has 41 heavy (non-hydrogen) atoms. The molecule has 0 aliphatic carbocycles. The molecule has 0 saturated heterocycles. The van der Waals surface area contributed by atoms with E-state index in [0.717, 1.165) is 36.9 Å². The highest BCUT2D eigenvalue weighted by Crippen LogP contribution is 2.15. The molecular weight excluding hydrogens is 530 g/mol. The maximum absolute atomic E-state index is 12.5. The van der Waals surface area contributed by atoms with Crippen LogP contribution in [-0.2, 0) is 14.3 Å². The van der Waals surface area contributed by atoms with Crippen LogP contribution in [0.3, 0.4) is 0 Å². The summed E-state index contributed by atoms with van der Waals surface area (Å²) in [6, 6.07) is 0. The maximum Gasteiger partial charge on any atom is 0.306 e. The van der Waals surface area contributed by atoms with Crippen molar-refractivity contribution in [3.8, 4) is 0 Å². The number of quaternary nitrogens is 1. The van der Waals surface area contributed by atoms with Crippen LogP contribution in [0.2, 0.25) is 0 Å². The van der Waals surface area contributed by atoms with Crippen molar-refractivity contribution in [2.45, 2.75) is 187 Å². The summed E-state index contributed by atoms with van der Waals surface area (Å²) < 4.78 is 12.6. The highest BCUT2D eigenvalue weighted by atomic mass is 35.5. The standard InChI is InChI=1S/C36H74NO3.ClH/c1-6-8-10-12-14-16-18-19-20-21-22-23-25-27-29-31-36(38)40-35(33-37(3,4)5)34-39-32-30-28-26-24-17-15-13-11-9-7-2;/h35H,6-34H2,1-5H3;1H/q+1;/p-1. The fourth-order valence-electron chi connectivity index (χ4n) is 5.53. The minimum absolute atomic E-state index is 0. The van der Waals surface area contributed by atoms with E-state index in [0.29, 0.717) is 13.0 Å². The lowest BCUT2D eigenvalue weighted by Crippen LogP contribution is -3.00. The van der Waals surface area contributed by atoms with Crippen LogP contribution in [-0.4, -0.2) is 57.5 Å². The van der Waals surface area contributed by atoms with Crippen LogP contribution in [0.4, 0.5) is 0 Å². The summed E-state index contributed by atoms with van der Waals surface area (Å²) in [6.45, 7) is 6.66. The number of esters is 1. The van der Waals surface area contributed by atoms with E-state index in [-0.39, 0.29) is 24.5 Å². The SMILES string of the molecule is CCCCCCCCCCCCCCCCCC(=O)OC(COCCCCCCCCCCCC)C[N+](C)(C)C.[Cl-]. The van der Waals surface area contributed by atoms with E-state index in [1.165, 1.54) is 141 Å². The molecule has 0 aliphatic rings. The molecule has 0 aromatic heterocycles. The van der Waals surface area contributed by atoms with Gasteiger partial charge < -0.3 is 26.4 Å². The van der Waals surface area contributed by atoms with Crippen LogP contribution in [0.5, 0.6) is 0 Å². The van der Waals surface area contributed by atoms with Gasteiger partial charge in [-0.2, -0.15) is 0 Å². The van der Waals surface area contributed by atoms with Crippen molar-refractivity contribution in [3.05, 3.63) is 0 Å². The number of nitrogens with zero attached hydrogens (tertiary/aromatic N) is 1. The minimum atomic E-state index is -0.146. The van der Waals surface area contributed by atoms with E-state index < -0.39 is 0 Å². The Kier molecular flexibility index (Phi) is 34.0. The summed E-state index contributed by atoms with van der Waals surface area (Å²) in [6.07, 6.45) is 33.8. The quantitative estimate of drug-likeness (QED) is 0.0447. The largest absolute Gasteiger partial charge is 1.00 e. The summed E-state index contributed by atoms with van der Waals surface area (Å²) >= 11 is 0. The molecule has 0 spiro atoms. The number of rotatable bonds is 32. The van der Waals surface area contributed by atoms with Gasteiger partial charge in [0, 0.05) is 13.0 Å². The van der Waals surface area contributed by atoms with Gasteiger partial charge >= 0.3 is 5.97 Å². The van der Waals surface area contributed by atoms with Crippen LogP contribution >= 0.6 is 0 Å². The maximum atomic E-state index is 12.5. The monoisotopic (exact) mass is 604 g/mol. The molecule has 0 aliphatic heterocycles. The number of carbonyl (C=O) groups excluding carboxylic acids is 1. The summed E-state index contributed by atoms with van der Waals surface area (Å²) in [5.74, 6) is -0.0457. The first-order chi connectivity index (χ1) is 19.4. The number of carbonyl (C=O) groups is 1. The lowest BCUT2D eigenvalue weighted by molar-refractivity contribution is -0.873. The molecule has 0 aromatic carbocycles. The lowest BCUT2D eigenvalue weighted by Gasteiger charge is -2.29. The molecule has 0 heterocycles. The summed E-state index contributed by atoms with van der Waals surface area (Å²) in [7, 11) is 6.45. The van der Waals surface area contributed by atoms with Gasteiger partial charge in [-0.1, -0.05) is 162 Å². The van der Waals surface area contributed by atoms with E-state index in [4.69, 9.17) is 9.47 Å². The predicted molar refractivity (Wildman–Crippen MR) is 175 cm³/mol. The fraction of sp³-hybridized carbons (Fsp3) is 0.972. The Hall–Kier alpha value is -0.320. The molecule has 1 unspecified atom stereocenters. The highest BCUT2D eigenvalue weighted by molar-refractivity contribution is 5.69. The highest BCUT2D eigenvalue weighted by Gasteiger charge is 2.22. The van der Waals surface area contributed by atoms with E-state index in [1.54, 1.807) is 0 Å². The number of likely N-dealkylation sites (N-methyl/N-ethyl adjacent to an activating group) is 1. The normalized spacial score (nSPS) is 12.3. The van der Waals surface area contributed by atoms with Crippen LogP contribution < -0.4 is 12.4 Å². The molecule has 4 nitrogen and oxygen atoms in total. The third-order valence-electron chi connectivity index (χ3n) is 7.98. The number of unbranched alkanes of at least 4 members (excludes halogenated alkanes) is 23. The molecule has 0 saturated carbocycles. The van der Waals surface area contributed by atoms with Gasteiger partial charge in [-0.3, -0.25) is 4.79 Å². The second kappa shape index (κ2) is 32.6. The van der Waals surface area contributed by atoms with E-state index in [1.807, 2.05) is 0 Å². The average Bonchev–Trinajstić information content (AvgIpc) is 2.90. The molecular formula is C36H74ClNO3. The second-order valence-electron chi connectivity index (χ2n) is 13.5. The van der Waals surface area contributed by atoms with Crippen molar-refractivity contribution in [1.29, 1.82) is 0 Å². The van der Waals surface area contributed by atoms with Crippen molar-refractivity contribution >= 4 is 5.97 Å². The Bertz CT molecular complexity index is 523. The van der Waals surface area contributed by atoms with Crippen molar-refractivity contribution < 1.29 is 31.2 Å². The third-order valence-corrected chi connectivity index (χ3v) is 7.98. The van der Waals surface area contributed by atoms with E-state index in [2.05, 4.69) is 35.0 Å². The Balaban J connectivity index is 0. The first-order valence-electron chi connectivity index (χ1n) is 18.0. The van der Waals surface area contributed by atoms with E-state index in [9.17, 15) is 4.79 Å². The zero-order valence-electron chi connectivity index (χ0n) is 28.6. The third kappa shape index (κ3) is 35.8. The van der Waals surface area contributed by atoms with Gasteiger partial charge in [0.1, 0.15) is 6.54 Å². The van der Waals surface area contributed by atoms with Gasteiger partial charge in [0.25, 0.3) is 0 Å². The van der Waals surface area contributed by atoms with Crippen molar-refractivity contribution in [2.24, 2.45) is 0 Å². The molecule has 248 valence electrons. The molecule has 0 rings (SSSR count). The van der Waals surface area contributed by atoms with Crippen molar-refractivity contribution in [3.63, 3.8) is 0 Å². The van der Waals surface area contributed by atoms with Crippen LogP contribution in [0.25, 0.3) is 0 Å². The van der Waals surface area contributed by atoms with E-state index >= 15 is 0 Å². The van der Waals surface area contributed by atoms with Gasteiger partial charge in [0.2, 0.25) is 0 Å². The van der Waals surface area contributed by atoms with Gasteiger partial charge in [0.15, 0.2) is 6.10 Å². The minimum Gasteiger partial charge on any atom is -1.00 e. The molecule has 0 aromatic rings. The van der Waals surface area contributed by atoms with Crippen LogP contribution in [0.15, 0.2) is 0 Å². The lowest BCUT2D eigenvalue weighted by atomic mass is 10.0. The number of ether oxygens (including phenoxy) is 2. The molecule has 0 fully saturated rings. The molecule has 0 N–H and O–H groups in total. The Morgan fingerprint density at radius 2 is 0.878 bits per heavy atom. The van der Waals surface area contributed by atoms with Crippen molar-refractivity contribution in [2.75, 3.05) is 40.9 Å². The summed E-state index contributed by atoms with van der Waals surface area (Å²) in [5.41, 5.74) is 0. The molecule has 0 bridgehead atoms. The van der Waals surface area contributed by atoms with Crippen molar-refractivity contribution in [1.82, 2.24) is 0 Å². The van der Waals surface area contributed by atoms with Crippen LogP contribution in [0, 0.1) is 0 Å². The molecule has 0 radical (unpaired) electrons. The Morgan fingerprint density at radius 3 is 1.24 bits per heavy atom. The molecule has 0 amide bonds. The topological polar surface area (TPSA) is 35.5 Å². The zero-order chi connectivity index (χ0) is 29.6. The van der Waals surface area contributed by atoms with Gasteiger partial charge in [-0.25, -0.2) is 0 Å². The number of hydrogen-bond donors (Lipinski definition) is 0. The predicted octanol–water partition coefficient (Wildman–Crippen LogP) is 7.81. The van der Waals surface area contributed by atoms with Gasteiger partial charge in [-0.15, -0.1) is 0 Å². The average molecular weight is 604 g/mol. The first kappa shape index (κ1) is 42.8. The van der Waals surface area contributed by atoms with Crippen LogP contribution in [0.1, 0.15) is 181 Å². The first-order valence-corrected chi connectivity index (χ1v) is 18.0. The fourth-order valence-corrected chi connectivity index (χ4v) is 5.53. The second-order valence-corrected chi connectivity index (χ2v) is 13.5. The Labute approximate surface area is 264 Å². The Morgan fingerprint density at radius 1 is 0.537 bits per heavy atom.